The van der Waals surface area contributed by atoms with Gasteiger partial charge in [-0.05, 0) is 70.4 Å². The first kappa shape index (κ1) is 28.9. The fraction of sp³-hybridized carbons (Fsp3) is 0.467. The van der Waals surface area contributed by atoms with Crippen LogP contribution in [0.3, 0.4) is 0 Å². The van der Waals surface area contributed by atoms with Gasteiger partial charge in [-0.2, -0.15) is 0 Å². The van der Waals surface area contributed by atoms with Crippen LogP contribution in [0.4, 0.5) is 0 Å². The van der Waals surface area contributed by atoms with Crippen molar-refractivity contribution in [3.05, 3.63) is 94.1 Å². The second-order valence-electron chi connectivity index (χ2n) is 9.18. The van der Waals surface area contributed by atoms with E-state index >= 15 is 0 Å². The van der Waals surface area contributed by atoms with Gasteiger partial charge in [0, 0.05) is 0 Å². The molecular formula is C30H46O. The average molecular weight is 423 g/mol. The monoisotopic (exact) mass is 422 g/mol. The molecule has 31 heavy (non-hydrogen) atoms. The van der Waals surface area contributed by atoms with Crippen LogP contribution < -0.4 is 0 Å². The Morgan fingerprint density at radius 2 is 1.10 bits per heavy atom. The number of rotatable bonds is 6. The highest BCUT2D eigenvalue weighted by atomic mass is 16.2. The van der Waals surface area contributed by atoms with Gasteiger partial charge < -0.3 is 5.11 Å². The summed E-state index contributed by atoms with van der Waals surface area (Å²) in [6.07, 6.45) is 6.23. The van der Waals surface area contributed by atoms with Crippen LogP contribution in [0.25, 0.3) is 0 Å². The first-order valence-electron chi connectivity index (χ1n) is 11.6. The number of aryl methyl sites for hydroxylation is 2. The van der Waals surface area contributed by atoms with Gasteiger partial charge in [0.1, 0.15) is 0 Å². The van der Waals surface area contributed by atoms with Crippen molar-refractivity contribution in [1.82, 2.24) is 0 Å². The molecule has 2 aromatic rings. The van der Waals surface area contributed by atoms with Gasteiger partial charge >= 0.3 is 0 Å². The standard InChI is InChI=1S/C10H18O.2C10H14/c1-9(2)5-4-6-10(3)7-8-11;2*1-8(2)10-6-4-9(3)5-7-10/h5,7,11H,4,6,8H2,1-3H3;2*4-8H,1-3H3/b10-7+;;. The van der Waals surface area contributed by atoms with Crippen molar-refractivity contribution in [3.8, 4) is 0 Å². The normalized spacial score (nSPS) is 10.8. The maximum atomic E-state index is 8.55. The van der Waals surface area contributed by atoms with Crippen molar-refractivity contribution in [3.63, 3.8) is 0 Å². The molecule has 1 heteroatoms. The van der Waals surface area contributed by atoms with Crippen molar-refractivity contribution in [1.29, 1.82) is 0 Å². The second-order valence-corrected chi connectivity index (χ2v) is 9.18. The zero-order valence-electron chi connectivity index (χ0n) is 21.5. The summed E-state index contributed by atoms with van der Waals surface area (Å²) in [6.45, 7) is 19.5. The number of hydrogen-bond donors (Lipinski definition) is 1. The van der Waals surface area contributed by atoms with Gasteiger partial charge in [-0.1, -0.05) is 111 Å². The summed E-state index contributed by atoms with van der Waals surface area (Å²) in [5.74, 6) is 1.31. The van der Waals surface area contributed by atoms with Gasteiger partial charge in [0.05, 0.1) is 6.61 Å². The molecule has 0 aliphatic heterocycles. The highest BCUT2D eigenvalue weighted by molar-refractivity contribution is 5.24. The molecule has 0 aliphatic carbocycles. The summed E-state index contributed by atoms with van der Waals surface area (Å²) in [5.41, 5.74) is 8.15. The number of benzene rings is 2. The van der Waals surface area contributed by atoms with Gasteiger partial charge in [-0.25, -0.2) is 0 Å². The largest absolute Gasteiger partial charge is 0.392 e. The summed E-state index contributed by atoms with van der Waals surface area (Å²) >= 11 is 0. The predicted molar refractivity (Wildman–Crippen MR) is 140 cm³/mol. The molecule has 0 amide bonds. The fourth-order valence-electron chi connectivity index (χ4n) is 2.75. The fourth-order valence-corrected chi connectivity index (χ4v) is 2.75. The van der Waals surface area contributed by atoms with Crippen LogP contribution in [0.5, 0.6) is 0 Å². The molecule has 1 nitrogen and oxygen atoms in total. The summed E-state index contributed by atoms with van der Waals surface area (Å²) < 4.78 is 0. The lowest BCUT2D eigenvalue weighted by Crippen LogP contribution is -1.85. The summed E-state index contributed by atoms with van der Waals surface area (Å²) in [7, 11) is 0. The maximum Gasteiger partial charge on any atom is 0.0614 e. The average Bonchev–Trinajstić information content (AvgIpc) is 2.69. The molecule has 1 N–H and O–H groups in total. The summed E-state index contributed by atoms with van der Waals surface area (Å²) in [5, 5.41) is 8.55. The minimum absolute atomic E-state index is 0.167. The Balaban J connectivity index is 0.000000436. The van der Waals surface area contributed by atoms with E-state index < -0.39 is 0 Å². The lowest BCUT2D eigenvalue weighted by atomic mass is 10.0. The van der Waals surface area contributed by atoms with Gasteiger partial charge in [-0.3, -0.25) is 0 Å². The summed E-state index contributed by atoms with van der Waals surface area (Å²) in [6, 6.07) is 17.4. The minimum atomic E-state index is 0.167. The Hall–Kier alpha value is -2.12. The van der Waals surface area contributed by atoms with Crippen LogP contribution in [-0.4, -0.2) is 11.7 Å². The van der Waals surface area contributed by atoms with Crippen molar-refractivity contribution in [2.45, 2.75) is 87.0 Å². The van der Waals surface area contributed by atoms with Crippen LogP contribution in [0.1, 0.15) is 95.4 Å². The number of hydrogen-bond acceptors (Lipinski definition) is 1. The Labute approximate surface area is 192 Å². The smallest absolute Gasteiger partial charge is 0.0614 e. The highest BCUT2D eigenvalue weighted by Gasteiger charge is 1.96. The van der Waals surface area contributed by atoms with E-state index in [4.69, 9.17) is 5.11 Å². The molecule has 0 unspecified atom stereocenters. The van der Waals surface area contributed by atoms with Crippen LogP contribution in [-0.2, 0) is 0 Å². The zero-order valence-corrected chi connectivity index (χ0v) is 21.5. The first-order valence-corrected chi connectivity index (χ1v) is 11.6. The minimum Gasteiger partial charge on any atom is -0.392 e. The third-order valence-electron chi connectivity index (χ3n) is 5.02. The molecule has 0 bridgehead atoms. The molecule has 0 saturated heterocycles. The van der Waals surface area contributed by atoms with Crippen molar-refractivity contribution in [2.24, 2.45) is 0 Å². The molecule has 0 saturated carbocycles. The Bertz CT molecular complexity index is 706. The highest BCUT2D eigenvalue weighted by Crippen LogP contribution is 2.14. The number of aliphatic hydroxyl groups is 1. The van der Waals surface area contributed by atoms with Crippen molar-refractivity contribution in [2.75, 3.05) is 6.61 Å². The van der Waals surface area contributed by atoms with E-state index in [0.29, 0.717) is 11.8 Å². The SMILES string of the molecule is CC(C)=CCC/C(C)=C/CO.Cc1ccc(C(C)C)cc1.Cc1ccc(C(C)C)cc1. The van der Waals surface area contributed by atoms with E-state index in [-0.39, 0.29) is 6.61 Å². The number of aliphatic hydroxyl groups excluding tert-OH is 1. The maximum absolute atomic E-state index is 8.55. The van der Waals surface area contributed by atoms with Crippen molar-refractivity contribution >= 4 is 0 Å². The lowest BCUT2D eigenvalue weighted by molar-refractivity contribution is 0.341. The van der Waals surface area contributed by atoms with Gasteiger partial charge in [-0.15, -0.1) is 0 Å². The van der Waals surface area contributed by atoms with E-state index in [1.807, 2.05) is 6.08 Å². The number of allylic oxidation sites excluding steroid dienone is 3. The van der Waals surface area contributed by atoms with Gasteiger partial charge in [0.25, 0.3) is 0 Å². The molecule has 172 valence electrons. The Morgan fingerprint density at radius 1 is 0.710 bits per heavy atom. The van der Waals surface area contributed by atoms with Crippen molar-refractivity contribution < 1.29 is 5.11 Å². The zero-order chi connectivity index (χ0) is 23.8. The van der Waals surface area contributed by atoms with Gasteiger partial charge in [0.2, 0.25) is 0 Å². The third-order valence-corrected chi connectivity index (χ3v) is 5.02. The van der Waals surface area contributed by atoms with E-state index in [9.17, 15) is 0 Å². The van der Waals surface area contributed by atoms with E-state index in [2.05, 4.69) is 117 Å². The topological polar surface area (TPSA) is 20.2 Å². The van der Waals surface area contributed by atoms with Crippen LogP contribution in [0.2, 0.25) is 0 Å². The molecule has 0 fully saturated rings. The molecule has 2 aromatic carbocycles. The second kappa shape index (κ2) is 16.6. The Kier molecular flexibility index (Phi) is 15.4. The van der Waals surface area contributed by atoms with E-state index in [1.54, 1.807) is 0 Å². The van der Waals surface area contributed by atoms with Crippen LogP contribution in [0.15, 0.2) is 71.8 Å². The molecule has 0 radical (unpaired) electrons. The van der Waals surface area contributed by atoms with E-state index in [0.717, 1.165) is 12.8 Å². The molecule has 0 aromatic heterocycles. The molecule has 2 rings (SSSR count). The molecule has 0 aliphatic rings. The third kappa shape index (κ3) is 15.3. The Morgan fingerprint density at radius 3 is 1.39 bits per heavy atom. The van der Waals surface area contributed by atoms with Gasteiger partial charge in [0.15, 0.2) is 0 Å². The quantitative estimate of drug-likeness (QED) is 0.461. The lowest BCUT2D eigenvalue weighted by Gasteiger charge is -2.03. The molecular weight excluding hydrogens is 376 g/mol. The van der Waals surface area contributed by atoms with Crippen LogP contribution >= 0.6 is 0 Å². The first-order chi connectivity index (χ1) is 14.6. The molecule has 0 heterocycles. The molecule has 0 spiro atoms. The van der Waals surface area contributed by atoms with E-state index in [1.165, 1.54) is 33.4 Å². The summed E-state index contributed by atoms with van der Waals surface area (Å²) in [4.78, 5) is 0. The van der Waals surface area contributed by atoms with Crippen LogP contribution in [0, 0.1) is 13.8 Å². The molecule has 0 atom stereocenters. The predicted octanol–water partition coefficient (Wildman–Crippen LogP) is 8.91.